The molecule has 0 bridgehead atoms. The van der Waals surface area contributed by atoms with Crippen LogP contribution in [0.5, 0.6) is 0 Å². The normalized spacial score (nSPS) is 19.9. The lowest BCUT2D eigenvalue weighted by atomic mass is 9.71. The van der Waals surface area contributed by atoms with Crippen molar-refractivity contribution in [3.63, 3.8) is 0 Å². The van der Waals surface area contributed by atoms with E-state index in [1.54, 1.807) is 6.07 Å². The van der Waals surface area contributed by atoms with Crippen LogP contribution >= 0.6 is 23.2 Å². The molecule has 1 N–H and O–H groups in total. The fraction of sp³-hybridized carbons (Fsp3) is 0.333. The van der Waals surface area contributed by atoms with Crippen molar-refractivity contribution < 1.29 is 0 Å². The summed E-state index contributed by atoms with van der Waals surface area (Å²) in [5, 5.41) is 4.91. The first-order chi connectivity index (χ1) is 9.97. The van der Waals surface area contributed by atoms with Crippen molar-refractivity contribution in [3.05, 3.63) is 63.6 Å². The molecule has 0 spiro atoms. The maximum absolute atomic E-state index is 6.28. The van der Waals surface area contributed by atoms with Gasteiger partial charge in [-0.1, -0.05) is 61.3 Å². The van der Waals surface area contributed by atoms with Gasteiger partial charge in [0, 0.05) is 5.02 Å². The van der Waals surface area contributed by atoms with Gasteiger partial charge in [0.25, 0.3) is 0 Å². The second kappa shape index (κ2) is 5.55. The van der Waals surface area contributed by atoms with Crippen LogP contribution in [0.4, 0.5) is 5.69 Å². The topological polar surface area (TPSA) is 12.0 Å². The van der Waals surface area contributed by atoms with Gasteiger partial charge < -0.3 is 5.32 Å². The maximum atomic E-state index is 6.28. The van der Waals surface area contributed by atoms with Gasteiger partial charge in [0.1, 0.15) is 0 Å². The number of nitrogens with one attached hydrogen (secondary N) is 1. The first-order valence-corrected chi connectivity index (χ1v) is 8.04. The molecule has 3 rings (SSSR count). The number of rotatable bonds is 2. The number of hydrogen-bond donors (Lipinski definition) is 1. The van der Waals surface area contributed by atoms with Gasteiger partial charge in [-0.2, -0.15) is 0 Å². The Bertz CT molecular complexity index is 664. The van der Waals surface area contributed by atoms with Crippen LogP contribution in [0, 0.1) is 0 Å². The standard InChI is InChI=1S/C18H19Cl2N/c1-18(2)10-9-16(13-5-3-4-6-14(13)18)21-17-8-7-12(19)11-15(17)20/h3-8,11,16,21H,9-10H2,1-2H3. The third kappa shape index (κ3) is 2.90. The van der Waals surface area contributed by atoms with Gasteiger partial charge in [-0.15, -0.1) is 0 Å². The molecule has 0 saturated carbocycles. The quantitative estimate of drug-likeness (QED) is 0.693. The first kappa shape index (κ1) is 14.7. The van der Waals surface area contributed by atoms with Crippen LogP contribution in [0.15, 0.2) is 42.5 Å². The number of hydrogen-bond acceptors (Lipinski definition) is 1. The van der Waals surface area contributed by atoms with Crippen molar-refractivity contribution in [3.8, 4) is 0 Å². The number of anilines is 1. The van der Waals surface area contributed by atoms with Gasteiger partial charge in [0.05, 0.1) is 16.8 Å². The van der Waals surface area contributed by atoms with Crippen molar-refractivity contribution in [2.24, 2.45) is 0 Å². The predicted molar refractivity (Wildman–Crippen MR) is 91.5 cm³/mol. The molecule has 2 aromatic rings. The molecule has 0 heterocycles. The van der Waals surface area contributed by atoms with Crippen molar-refractivity contribution in [2.75, 3.05) is 5.32 Å². The zero-order valence-electron chi connectivity index (χ0n) is 12.3. The Kier molecular flexibility index (Phi) is 3.90. The molecule has 1 aliphatic carbocycles. The molecule has 3 heteroatoms. The van der Waals surface area contributed by atoms with Gasteiger partial charge in [-0.25, -0.2) is 0 Å². The van der Waals surface area contributed by atoms with Gasteiger partial charge in [-0.05, 0) is 47.6 Å². The SMILES string of the molecule is CC1(C)CCC(Nc2ccc(Cl)cc2Cl)c2ccccc21. The zero-order chi connectivity index (χ0) is 15.0. The minimum Gasteiger partial charge on any atom is -0.377 e. The molecule has 1 aliphatic rings. The van der Waals surface area contributed by atoms with E-state index in [9.17, 15) is 0 Å². The molecule has 1 atom stereocenters. The first-order valence-electron chi connectivity index (χ1n) is 7.28. The molecule has 1 unspecified atom stereocenters. The third-order valence-corrected chi connectivity index (χ3v) is 4.93. The summed E-state index contributed by atoms with van der Waals surface area (Å²) in [5.74, 6) is 0. The van der Waals surface area contributed by atoms with Crippen LogP contribution in [0.1, 0.15) is 43.9 Å². The second-order valence-electron chi connectivity index (χ2n) is 6.33. The molecule has 0 aromatic heterocycles. The Morgan fingerprint density at radius 1 is 1.10 bits per heavy atom. The summed E-state index contributed by atoms with van der Waals surface area (Å²) >= 11 is 12.3. The molecule has 21 heavy (non-hydrogen) atoms. The minimum absolute atomic E-state index is 0.235. The summed E-state index contributed by atoms with van der Waals surface area (Å²) in [6.45, 7) is 4.63. The summed E-state index contributed by atoms with van der Waals surface area (Å²) < 4.78 is 0. The highest BCUT2D eigenvalue weighted by Gasteiger charge is 2.32. The van der Waals surface area contributed by atoms with E-state index in [0.717, 1.165) is 18.5 Å². The molecule has 0 aliphatic heterocycles. The van der Waals surface area contributed by atoms with E-state index in [-0.39, 0.29) is 5.41 Å². The van der Waals surface area contributed by atoms with Gasteiger partial charge >= 0.3 is 0 Å². The molecular weight excluding hydrogens is 301 g/mol. The van der Waals surface area contributed by atoms with Crippen LogP contribution in [-0.2, 0) is 5.41 Å². The monoisotopic (exact) mass is 319 g/mol. The molecular formula is C18H19Cl2N. The van der Waals surface area contributed by atoms with Crippen LogP contribution < -0.4 is 5.32 Å². The summed E-state index contributed by atoms with van der Waals surface area (Å²) in [6.07, 6.45) is 2.26. The largest absolute Gasteiger partial charge is 0.377 e. The molecule has 0 saturated heterocycles. The van der Waals surface area contributed by atoms with E-state index in [2.05, 4.69) is 43.4 Å². The number of benzene rings is 2. The van der Waals surface area contributed by atoms with E-state index < -0.39 is 0 Å². The average molecular weight is 320 g/mol. The Morgan fingerprint density at radius 2 is 1.86 bits per heavy atom. The highest BCUT2D eigenvalue weighted by Crippen LogP contribution is 2.43. The highest BCUT2D eigenvalue weighted by molar-refractivity contribution is 6.36. The van der Waals surface area contributed by atoms with Gasteiger partial charge in [0.2, 0.25) is 0 Å². The predicted octanol–water partition coefficient (Wildman–Crippen LogP) is 6.22. The Labute approximate surface area is 136 Å². The average Bonchev–Trinajstić information content (AvgIpc) is 2.45. The molecule has 0 radical (unpaired) electrons. The molecule has 1 nitrogen and oxygen atoms in total. The fourth-order valence-corrected chi connectivity index (χ4v) is 3.62. The summed E-state index contributed by atoms with van der Waals surface area (Å²) in [5.41, 5.74) is 3.98. The molecule has 110 valence electrons. The highest BCUT2D eigenvalue weighted by atomic mass is 35.5. The van der Waals surface area contributed by atoms with E-state index in [1.807, 2.05) is 12.1 Å². The number of fused-ring (bicyclic) bond motifs is 1. The lowest BCUT2D eigenvalue weighted by molar-refractivity contribution is 0.406. The fourth-order valence-electron chi connectivity index (χ4n) is 3.16. The van der Waals surface area contributed by atoms with Crippen LogP contribution in [-0.4, -0.2) is 0 Å². The minimum atomic E-state index is 0.235. The lowest BCUT2D eigenvalue weighted by Crippen LogP contribution is -2.29. The molecule has 0 fully saturated rings. The molecule has 2 aromatic carbocycles. The summed E-state index contributed by atoms with van der Waals surface area (Å²) in [7, 11) is 0. The van der Waals surface area contributed by atoms with E-state index >= 15 is 0 Å². The third-order valence-electron chi connectivity index (χ3n) is 4.38. The van der Waals surface area contributed by atoms with E-state index in [1.165, 1.54) is 11.1 Å². The maximum Gasteiger partial charge on any atom is 0.0652 e. The van der Waals surface area contributed by atoms with Crippen LogP contribution in [0.3, 0.4) is 0 Å². The van der Waals surface area contributed by atoms with Crippen molar-refractivity contribution in [1.82, 2.24) is 0 Å². The second-order valence-corrected chi connectivity index (χ2v) is 7.17. The van der Waals surface area contributed by atoms with Gasteiger partial charge in [-0.3, -0.25) is 0 Å². The van der Waals surface area contributed by atoms with Crippen LogP contribution in [0.2, 0.25) is 10.0 Å². The lowest BCUT2D eigenvalue weighted by Gasteiger charge is -2.37. The van der Waals surface area contributed by atoms with Crippen molar-refractivity contribution in [2.45, 2.75) is 38.1 Å². The molecule has 0 amide bonds. The summed E-state index contributed by atoms with van der Waals surface area (Å²) in [4.78, 5) is 0. The Morgan fingerprint density at radius 3 is 2.62 bits per heavy atom. The van der Waals surface area contributed by atoms with Crippen molar-refractivity contribution in [1.29, 1.82) is 0 Å². The van der Waals surface area contributed by atoms with Gasteiger partial charge in [0.15, 0.2) is 0 Å². The Balaban J connectivity index is 1.94. The summed E-state index contributed by atoms with van der Waals surface area (Å²) in [6, 6.07) is 14.6. The van der Waals surface area contributed by atoms with Crippen LogP contribution in [0.25, 0.3) is 0 Å². The zero-order valence-corrected chi connectivity index (χ0v) is 13.8. The van der Waals surface area contributed by atoms with E-state index in [4.69, 9.17) is 23.2 Å². The smallest absolute Gasteiger partial charge is 0.0652 e. The van der Waals surface area contributed by atoms with E-state index in [0.29, 0.717) is 16.1 Å². The number of halogens is 2. The Hall–Kier alpha value is -1.18. The van der Waals surface area contributed by atoms with Crippen molar-refractivity contribution >= 4 is 28.9 Å².